The molecule has 0 atom stereocenters. The van der Waals surface area contributed by atoms with Crippen molar-refractivity contribution in [3.63, 3.8) is 0 Å². The normalized spacial score (nSPS) is 10.2. The van der Waals surface area contributed by atoms with Crippen LogP contribution in [0, 0.1) is 0 Å². The van der Waals surface area contributed by atoms with Crippen LogP contribution in [0.3, 0.4) is 0 Å². The lowest BCUT2D eigenvalue weighted by Gasteiger charge is -1.80. The minimum absolute atomic E-state index is 0.844. The number of nitrogens with two attached hydrogens (primary N) is 1. The molecule has 0 rings (SSSR count). The van der Waals surface area contributed by atoms with Crippen molar-refractivity contribution < 1.29 is 0 Å². The van der Waals surface area contributed by atoms with E-state index in [4.69, 9.17) is 5.73 Å². The molecule has 0 aliphatic carbocycles. The van der Waals surface area contributed by atoms with Crippen LogP contribution in [0.5, 0.6) is 0 Å². The third-order valence-corrected chi connectivity index (χ3v) is 0.942. The molecule has 2 heteroatoms. The number of allylic oxidation sites excluding steroid dienone is 1. The van der Waals surface area contributed by atoms with E-state index < -0.39 is 0 Å². The SMILES string of the molecule is CC=N/C=C\C.CCCCN. The first-order chi connectivity index (χ1) is 5.33. The van der Waals surface area contributed by atoms with Gasteiger partial charge in [0.1, 0.15) is 0 Å². The smallest absolute Gasteiger partial charge is 0.0221 e. The van der Waals surface area contributed by atoms with Crippen LogP contribution < -0.4 is 5.73 Å². The van der Waals surface area contributed by atoms with E-state index in [2.05, 4.69) is 11.9 Å². The van der Waals surface area contributed by atoms with Crippen molar-refractivity contribution in [3.8, 4) is 0 Å². The molecule has 0 bridgehead atoms. The van der Waals surface area contributed by atoms with Crippen molar-refractivity contribution >= 4 is 6.21 Å². The molecule has 11 heavy (non-hydrogen) atoms. The Hall–Kier alpha value is -0.630. The third-order valence-electron chi connectivity index (χ3n) is 0.942. The molecule has 66 valence electrons. The van der Waals surface area contributed by atoms with Crippen LogP contribution in [0.1, 0.15) is 33.6 Å². The number of aliphatic imine (C=N–C) groups is 1. The summed E-state index contributed by atoms with van der Waals surface area (Å²) in [5, 5.41) is 0. The van der Waals surface area contributed by atoms with Gasteiger partial charge in [-0.05, 0) is 26.8 Å². The van der Waals surface area contributed by atoms with E-state index in [1.165, 1.54) is 12.8 Å². The zero-order valence-electron chi connectivity index (χ0n) is 7.88. The molecule has 2 nitrogen and oxygen atoms in total. The van der Waals surface area contributed by atoms with E-state index >= 15 is 0 Å². The monoisotopic (exact) mass is 156 g/mol. The van der Waals surface area contributed by atoms with Gasteiger partial charge in [0.2, 0.25) is 0 Å². The van der Waals surface area contributed by atoms with Crippen LogP contribution in [0.4, 0.5) is 0 Å². The summed E-state index contributed by atoms with van der Waals surface area (Å²) in [4.78, 5) is 3.78. The zero-order valence-corrected chi connectivity index (χ0v) is 7.88. The second-order valence-electron chi connectivity index (χ2n) is 2.03. The van der Waals surface area contributed by atoms with Gasteiger partial charge in [-0.3, -0.25) is 4.99 Å². The first kappa shape index (κ1) is 13.0. The van der Waals surface area contributed by atoms with E-state index in [1.54, 1.807) is 12.4 Å². The Morgan fingerprint density at radius 1 is 1.36 bits per heavy atom. The van der Waals surface area contributed by atoms with Crippen molar-refractivity contribution in [2.24, 2.45) is 10.7 Å². The van der Waals surface area contributed by atoms with Crippen molar-refractivity contribution in [3.05, 3.63) is 12.3 Å². The first-order valence-electron chi connectivity index (χ1n) is 4.12. The molecule has 0 aliphatic heterocycles. The van der Waals surface area contributed by atoms with Crippen LogP contribution in [-0.2, 0) is 0 Å². The van der Waals surface area contributed by atoms with Crippen LogP contribution in [0.25, 0.3) is 0 Å². The molecule has 0 heterocycles. The number of hydrogen-bond acceptors (Lipinski definition) is 2. The Labute approximate surface area is 70.2 Å². The lowest BCUT2D eigenvalue weighted by molar-refractivity contribution is 0.807. The Kier molecular flexibility index (Phi) is 19.1. The Morgan fingerprint density at radius 3 is 2.09 bits per heavy atom. The standard InChI is InChI=1S/C5H9N.C4H11N/c1-3-5-6-4-2;1-2-3-4-5/h3-5H,1-2H3;2-5H2,1H3/b5-3-,6-4?;. The van der Waals surface area contributed by atoms with Crippen molar-refractivity contribution in [2.45, 2.75) is 33.6 Å². The van der Waals surface area contributed by atoms with Gasteiger partial charge in [0.15, 0.2) is 0 Å². The molecule has 0 spiro atoms. The van der Waals surface area contributed by atoms with E-state index in [0.29, 0.717) is 0 Å². The minimum atomic E-state index is 0.844. The summed E-state index contributed by atoms with van der Waals surface area (Å²) in [7, 11) is 0. The van der Waals surface area contributed by atoms with Crippen LogP contribution in [0.2, 0.25) is 0 Å². The fraction of sp³-hybridized carbons (Fsp3) is 0.667. The maximum atomic E-state index is 5.14. The van der Waals surface area contributed by atoms with Gasteiger partial charge in [0.25, 0.3) is 0 Å². The summed E-state index contributed by atoms with van der Waals surface area (Å²) in [5.74, 6) is 0. The predicted octanol–water partition coefficient (Wildman–Crippen LogP) is 2.36. The largest absolute Gasteiger partial charge is 0.330 e. The molecule has 0 saturated carbocycles. The van der Waals surface area contributed by atoms with Gasteiger partial charge in [0.05, 0.1) is 0 Å². The van der Waals surface area contributed by atoms with E-state index in [-0.39, 0.29) is 0 Å². The average molecular weight is 156 g/mol. The second kappa shape index (κ2) is 16.2. The molecule has 0 fully saturated rings. The zero-order chi connectivity index (χ0) is 8.95. The molecule has 0 unspecified atom stereocenters. The van der Waals surface area contributed by atoms with Gasteiger partial charge in [0, 0.05) is 12.4 Å². The number of unbranched alkanes of at least 4 members (excludes halogenated alkanes) is 1. The highest BCUT2D eigenvalue weighted by atomic mass is 14.6. The van der Waals surface area contributed by atoms with Crippen molar-refractivity contribution in [2.75, 3.05) is 6.54 Å². The van der Waals surface area contributed by atoms with Crippen LogP contribution in [-0.4, -0.2) is 12.8 Å². The highest BCUT2D eigenvalue weighted by molar-refractivity contribution is 5.54. The quantitative estimate of drug-likeness (QED) is 0.626. The fourth-order valence-electron chi connectivity index (χ4n) is 0.376. The molecule has 2 N–H and O–H groups in total. The van der Waals surface area contributed by atoms with Gasteiger partial charge in [-0.1, -0.05) is 19.4 Å². The molecule has 0 aliphatic rings. The van der Waals surface area contributed by atoms with Gasteiger partial charge < -0.3 is 5.73 Å². The molecular weight excluding hydrogens is 136 g/mol. The molecule has 0 saturated heterocycles. The number of hydrogen-bond donors (Lipinski definition) is 1. The number of nitrogens with zero attached hydrogens (tertiary/aromatic N) is 1. The van der Waals surface area contributed by atoms with Gasteiger partial charge in [-0.15, -0.1) is 0 Å². The molecule has 0 radical (unpaired) electrons. The lowest BCUT2D eigenvalue weighted by Crippen LogP contribution is -1.95. The maximum Gasteiger partial charge on any atom is 0.0221 e. The fourth-order valence-corrected chi connectivity index (χ4v) is 0.376. The molecular formula is C9H20N2. The van der Waals surface area contributed by atoms with Gasteiger partial charge >= 0.3 is 0 Å². The van der Waals surface area contributed by atoms with Gasteiger partial charge in [-0.25, -0.2) is 0 Å². The maximum absolute atomic E-state index is 5.14. The van der Waals surface area contributed by atoms with Crippen molar-refractivity contribution in [1.29, 1.82) is 0 Å². The Bertz CT molecular complexity index is 83.7. The highest BCUT2D eigenvalue weighted by Gasteiger charge is 1.67. The van der Waals surface area contributed by atoms with E-state index in [9.17, 15) is 0 Å². The summed E-state index contributed by atoms with van der Waals surface area (Å²) >= 11 is 0. The lowest BCUT2D eigenvalue weighted by atomic mass is 10.3. The van der Waals surface area contributed by atoms with Crippen LogP contribution >= 0.6 is 0 Å². The summed E-state index contributed by atoms with van der Waals surface area (Å²) < 4.78 is 0. The van der Waals surface area contributed by atoms with Crippen LogP contribution in [0.15, 0.2) is 17.3 Å². The topological polar surface area (TPSA) is 38.4 Å². The summed E-state index contributed by atoms with van der Waals surface area (Å²) in [6.07, 6.45) is 7.77. The first-order valence-corrected chi connectivity index (χ1v) is 4.12. The van der Waals surface area contributed by atoms with Gasteiger partial charge in [-0.2, -0.15) is 0 Å². The summed E-state index contributed by atoms with van der Waals surface area (Å²) in [6.45, 7) is 6.80. The molecule has 0 aromatic heterocycles. The predicted molar refractivity (Wildman–Crippen MR) is 52.9 cm³/mol. The average Bonchev–Trinajstić information content (AvgIpc) is 2.04. The number of rotatable bonds is 3. The molecule has 0 aromatic carbocycles. The Morgan fingerprint density at radius 2 is 2.00 bits per heavy atom. The van der Waals surface area contributed by atoms with E-state index in [0.717, 1.165) is 6.54 Å². The minimum Gasteiger partial charge on any atom is -0.330 e. The molecule has 0 amide bonds. The summed E-state index contributed by atoms with van der Waals surface area (Å²) in [5.41, 5.74) is 5.14. The highest BCUT2D eigenvalue weighted by Crippen LogP contribution is 1.77. The third kappa shape index (κ3) is 26.7. The molecule has 0 aromatic rings. The second-order valence-corrected chi connectivity index (χ2v) is 2.03. The summed E-state index contributed by atoms with van der Waals surface area (Å²) in [6, 6.07) is 0. The Balaban J connectivity index is 0. The van der Waals surface area contributed by atoms with E-state index in [1.807, 2.05) is 19.9 Å². The van der Waals surface area contributed by atoms with Crippen molar-refractivity contribution in [1.82, 2.24) is 0 Å².